The molecule has 8 aromatic carbocycles. The van der Waals surface area contributed by atoms with E-state index in [1.165, 1.54) is 0 Å². The summed E-state index contributed by atoms with van der Waals surface area (Å²) in [6.45, 7) is 0. The Hall–Kier alpha value is -6.84. The van der Waals surface area contributed by atoms with Crippen LogP contribution in [0.3, 0.4) is 0 Å². The summed E-state index contributed by atoms with van der Waals surface area (Å²) in [7, 11) is 0. The molecule has 0 aliphatic heterocycles. The minimum absolute atomic E-state index is 0.164. The van der Waals surface area contributed by atoms with Gasteiger partial charge in [0.05, 0.1) is 18.2 Å². The molecule has 0 amide bonds. The van der Waals surface area contributed by atoms with Gasteiger partial charge in [0.2, 0.25) is 0 Å². The zero-order valence-corrected chi connectivity index (χ0v) is 27.2. The Labute approximate surface area is 302 Å². The summed E-state index contributed by atoms with van der Waals surface area (Å²) in [5, 5.41) is 5.83. The van der Waals surface area contributed by atoms with Crippen LogP contribution in [0.4, 0.5) is 0 Å². The first-order valence-electron chi connectivity index (χ1n) is 19.3. The molecule has 3 heteroatoms. The molecule has 51 heavy (non-hydrogen) atoms. The van der Waals surface area contributed by atoms with Crippen molar-refractivity contribution in [2.45, 2.75) is 0 Å². The maximum absolute atomic E-state index is 8.72. The van der Waals surface area contributed by atoms with Gasteiger partial charge in [-0.1, -0.05) is 170 Å². The molecule has 0 saturated carbocycles. The van der Waals surface area contributed by atoms with Crippen LogP contribution in [0.15, 0.2) is 186 Å². The van der Waals surface area contributed by atoms with Crippen LogP contribution in [0.2, 0.25) is 0 Å². The summed E-state index contributed by atoms with van der Waals surface area (Å²) < 4.78 is 48.7. The Morgan fingerprint density at radius 3 is 1.61 bits per heavy atom. The standard InChI is InChI=1S/C48H30N2O/c1-3-14-31(15-4-1)33-26-28-39(36-20-9-7-18-34(33)36)44-30-45(50-48(49-44)32-16-5-2-6-17-32)40-29-27-38(35-19-8-10-21-37(35)40)42-23-13-24-43-41-22-11-12-25-46(41)51-47(42)43/h1-30H/i1D,3D,4D,14D,15D. The molecule has 0 saturated heterocycles. The molecule has 10 rings (SSSR count). The maximum Gasteiger partial charge on any atom is 0.160 e. The van der Waals surface area contributed by atoms with Crippen molar-refractivity contribution in [3.63, 3.8) is 0 Å². The number of hydrogen-bond donors (Lipinski definition) is 0. The molecule has 0 fully saturated rings. The van der Waals surface area contributed by atoms with E-state index in [0.717, 1.165) is 77.0 Å². The Morgan fingerprint density at radius 2 is 0.922 bits per heavy atom. The molecule has 0 aliphatic carbocycles. The minimum Gasteiger partial charge on any atom is -0.455 e. The van der Waals surface area contributed by atoms with Crippen LogP contribution >= 0.6 is 0 Å². The Balaban J connectivity index is 1.19. The van der Waals surface area contributed by atoms with Crippen LogP contribution in [-0.4, -0.2) is 9.97 Å². The van der Waals surface area contributed by atoms with E-state index in [1.807, 2.05) is 97.1 Å². The SMILES string of the molecule is [2H]c1c([2H])c([2H])c(-c2ccc(-c3cc(-c4ccc(-c5cccc6c5oc5ccccc56)c5ccccc45)nc(-c4ccccc4)n3)c3ccccc23)c([2H])c1[2H]. The molecule has 3 nitrogen and oxygen atoms in total. The maximum atomic E-state index is 8.72. The van der Waals surface area contributed by atoms with Crippen molar-refractivity contribution < 1.29 is 11.3 Å². The van der Waals surface area contributed by atoms with Gasteiger partial charge in [-0.2, -0.15) is 0 Å². The third-order valence-electron chi connectivity index (χ3n) is 9.62. The van der Waals surface area contributed by atoms with Gasteiger partial charge in [-0.25, -0.2) is 9.97 Å². The summed E-state index contributed by atoms with van der Waals surface area (Å²) in [5.74, 6) is 0.567. The average molecular weight is 656 g/mol. The fraction of sp³-hybridized carbons (Fsp3) is 0. The van der Waals surface area contributed by atoms with E-state index in [9.17, 15) is 0 Å². The van der Waals surface area contributed by atoms with E-state index < -0.39 is 6.04 Å². The molecule has 0 bridgehead atoms. The van der Waals surface area contributed by atoms with Crippen LogP contribution in [0.1, 0.15) is 6.85 Å². The molecular weight excluding hydrogens is 621 g/mol. The molecular formula is C48H30N2O. The Morgan fingerprint density at radius 1 is 0.392 bits per heavy atom. The van der Waals surface area contributed by atoms with E-state index in [2.05, 4.69) is 54.6 Å². The average Bonchev–Trinajstić information content (AvgIpc) is 3.64. The van der Waals surface area contributed by atoms with Gasteiger partial charge in [-0.05, 0) is 50.4 Å². The minimum atomic E-state index is -0.418. The fourth-order valence-electron chi connectivity index (χ4n) is 7.28. The predicted molar refractivity (Wildman–Crippen MR) is 212 cm³/mol. The predicted octanol–water partition coefficient (Wildman–Crippen LogP) is 13.0. The molecule has 0 aliphatic rings. The zero-order valence-electron chi connectivity index (χ0n) is 32.2. The smallest absolute Gasteiger partial charge is 0.160 e. The van der Waals surface area contributed by atoms with Crippen LogP contribution in [0.25, 0.3) is 99.6 Å². The second kappa shape index (κ2) is 11.9. The lowest BCUT2D eigenvalue weighted by Gasteiger charge is -2.15. The highest BCUT2D eigenvalue weighted by atomic mass is 16.3. The molecule has 0 N–H and O–H groups in total. The van der Waals surface area contributed by atoms with Crippen molar-refractivity contribution in [3.8, 4) is 56.2 Å². The van der Waals surface area contributed by atoms with Crippen LogP contribution < -0.4 is 0 Å². The first-order valence-corrected chi connectivity index (χ1v) is 16.8. The molecule has 0 spiro atoms. The van der Waals surface area contributed by atoms with Gasteiger partial charge in [0.25, 0.3) is 0 Å². The lowest BCUT2D eigenvalue weighted by atomic mass is 9.91. The topological polar surface area (TPSA) is 38.9 Å². The first kappa shape index (κ1) is 24.3. The van der Waals surface area contributed by atoms with E-state index in [1.54, 1.807) is 0 Å². The Kier molecular flexibility index (Phi) is 5.69. The van der Waals surface area contributed by atoms with Crippen molar-refractivity contribution in [1.82, 2.24) is 9.97 Å². The number of nitrogens with zero attached hydrogens (tertiary/aromatic N) is 2. The van der Waals surface area contributed by atoms with Crippen molar-refractivity contribution >= 4 is 43.5 Å². The van der Waals surface area contributed by atoms with E-state index >= 15 is 0 Å². The van der Waals surface area contributed by atoms with Crippen LogP contribution in [0, 0.1) is 0 Å². The largest absolute Gasteiger partial charge is 0.455 e. The summed E-state index contributed by atoms with van der Waals surface area (Å²) in [4.78, 5) is 10.3. The number of aromatic nitrogens is 2. The second-order valence-corrected chi connectivity index (χ2v) is 12.5. The fourth-order valence-corrected chi connectivity index (χ4v) is 7.28. The van der Waals surface area contributed by atoms with Gasteiger partial charge in [-0.15, -0.1) is 0 Å². The monoisotopic (exact) mass is 655 g/mol. The van der Waals surface area contributed by atoms with Gasteiger partial charge >= 0.3 is 0 Å². The second-order valence-electron chi connectivity index (χ2n) is 12.5. The first-order chi connectivity index (χ1) is 27.4. The van der Waals surface area contributed by atoms with Gasteiger partial charge < -0.3 is 4.42 Å². The Bertz CT molecular complexity index is 3180. The molecule has 0 atom stereocenters. The van der Waals surface area contributed by atoms with Crippen molar-refractivity contribution in [3.05, 3.63) is 182 Å². The normalized spacial score (nSPS) is 12.9. The number of para-hydroxylation sites is 2. The number of hydrogen-bond acceptors (Lipinski definition) is 3. The van der Waals surface area contributed by atoms with Crippen molar-refractivity contribution in [2.24, 2.45) is 0 Å². The third-order valence-corrected chi connectivity index (χ3v) is 9.62. The van der Waals surface area contributed by atoms with Gasteiger partial charge in [0.15, 0.2) is 5.82 Å². The molecule has 238 valence electrons. The lowest BCUT2D eigenvalue weighted by Crippen LogP contribution is -1.97. The molecule has 2 heterocycles. The van der Waals surface area contributed by atoms with E-state index in [0.29, 0.717) is 17.1 Å². The highest BCUT2D eigenvalue weighted by Gasteiger charge is 2.19. The van der Waals surface area contributed by atoms with Crippen LogP contribution in [-0.2, 0) is 0 Å². The highest BCUT2D eigenvalue weighted by molar-refractivity contribution is 6.14. The van der Waals surface area contributed by atoms with Gasteiger partial charge in [-0.3, -0.25) is 0 Å². The highest BCUT2D eigenvalue weighted by Crippen LogP contribution is 2.42. The van der Waals surface area contributed by atoms with E-state index in [-0.39, 0.29) is 29.7 Å². The summed E-state index contributed by atoms with van der Waals surface area (Å²) in [5.41, 5.74) is 8.58. The quantitative estimate of drug-likeness (QED) is 0.185. The molecule has 0 radical (unpaired) electrons. The number of rotatable bonds is 5. The van der Waals surface area contributed by atoms with Gasteiger partial charge in [0.1, 0.15) is 11.2 Å². The van der Waals surface area contributed by atoms with Crippen LogP contribution in [0.5, 0.6) is 0 Å². The molecule has 0 unspecified atom stereocenters. The van der Waals surface area contributed by atoms with E-state index in [4.69, 9.17) is 21.2 Å². The molecule has 10 aromatic rings. The third kappa shape index (κ3) is 4.90. The summed E-state index contributed by atoms with van der Waals surface area (Å²) >= 11 is 0. The zero-order chi connectivity index (χ0) is 38.1. The number of fused-ring (bicyclic) bond motifs is 5. The summed E-state index contributed by atoms with van der Waals surface area (Å²) in [6, 6.07) is 48.8. The van der Waals surface area contributed by atoms with Crippen molar-refractivity contribution in [2.75, 3.05) is 0 Å². The number of benzene rings is 8. The number of furan rings is 1. The lowest BCUT2D eigenvalue weighted by molar-refractivity contribution is 0.670. The summed E-state index contributed by atoms with van der Waals surface area (Å²) in [6.07, 6.45) is 0. The van der Waals surface area contributed by atoms with Gasteiger partial charge in [0, 0.05) is 33.0 Å². The van der Waals surface area contributed by atoms with Crippen molar-refractivity contribution in [1.29, 1.82) is 0 Å². The molecule has 2 aromatic heterocycles.